The second kappa shape index (κ2) is 15.1. The van der Waals surface area contributed by atoms with E-state index in [1.807, 2.05) is 18.7 Å². The lowest BCUT2D eigenvalue weighted by atomic mass is 9.89. The van der Waals surface area contributed by atoms with Gasteiger partial charge in [0.15, 0.2) is 0 Å². The molecule has 1 aliphatic rings. The molecule has 0 radical (unpaired) electrons. The summed E-state index contributed by atoms with van der Waals surface area (Å²) in [5, 5.41) is 17.4. The highest BCUT2D eigenvalue weighted by atomic mass is 19.4. The van der Waals surface area contributed by atoms with E-state index < -0.39 is 59.3 Å². The number of aromatic nitrogens is 2. The molecule has 8 nitrogen and oxygen atoms in total. The number of carboxylic acid groups (broad SMARTS) is 1. The molecule has 3 aromatic rings. The number of hydrogen-bond acceptors (Lipinski definition) is 6. The maximum absolute atomic E-state index is 15.8. The first kappa shape index (κ1) is 37.0. The van der Waals surface area contributed by atoms with Gasteiger partial charge >= 0.3 is 12.1 Å². The van der Waals surface area contributed by atoms with Crippen molar-refractivity contribution in [2.45, 2.75) is 78.3 Å². The van der Waals surface area contributed by atoms with Crippen LogP contribution in [-0.4, -0.2) is 65.2 Å². The van der Waals surface area contributed by atoms with Gasteiger partial charge in [0.2, 0.25) is 0 Å². The van der Waals surface area contributed by atoms with Crippen LogP contribution in [-0.2, 0) is 17.4 Å². The Morgan fingerprint density at radius 2 is 1.73 bits per heavy atom. The lowest BCUT2D eigenvalue weighted by Crippen LogP contribution is -2.49. The molecule has 2 heterocycles. The van der Waals surface area contributed by atoms with Crippen molar-refractivity contribution in [1.82, 2.24) is 20.0 Å². The Bertz CT molecular complexity index is 1660. The van der Waals surface area contributed by atoms with Crippen LogP contribution >= 0.6 is 0 Å². The normalized spacial score (nSPS) is 15.4. The zero-order valence-electron chi connectivity index (χ0n) is 28.0. The zero-order valence-corrected chi connectivity index (χ0v) is 28.0. The Labute approximate surface area is 276 Å². The van der Waals surface area contributed by atoms with Crippen LogP contribution in [0.3, 0.4) is 0 Å². The van der Waals surface area contributed by atoms with Crippen LogP contribution in [0.15, 0.2) is 35.1 Å². The van der Waals surface area contributed by atoms with Crippen molar-refractivity contribution in [1.29, 1.82) is 0 Å². The lowest BCUT2D eigenvalue weighted by Gasteiger charge is -2.34. The largest absolute Gasteiger partial charge is 0.497 e. The average Bonchev–Trinajstić information content (AvgIpc) is 2.96. The quantitative estimate of drug-likeness (QED) is 0.186. The summed E-state index contributed by atoms with van der Waals surface area (Å²) in [7, 11) is 1.47. The number of alkyl halides is 4. The van der Waals surface area contributed by atoms with Gasteiger partial charge in [-0.2, -0.15) is 18.3 Å². The van der Waals surface area contributed by atoms with Gasteiger partial charge in [-0.15, -0.1) is 0 Å². The van der Waals surface area contributed by atoms with Gasteiger partial charge in [0.25, 0.3) is 5.56 Å². The van der Waals surface area contributed by atoms with Crippen LogP contribution in [0.25, 0.3) is 11.1 Å². The van der Waals surface area contributed by atoms with Crippen LogP contribution < -0.4 is 15.6 Å². The first-order valence-corrected chi connectivity index (χ1v) is 16.0. The smallest absolute Gasteiger partial charge is 0.419 e. The highest BCUT2D eigenvalue weighted by Gasteiger charge is 2.37. The van der Waals surface area contributed by atoms with E-state index in [9.17, 15) is 32.3 Å². The third-order valence-corrected chi connectivity index (χ3v) is 8.71. The molecule has 0 bridgehead atoms. The molecule has 2 atom stereocenters. The first-order valence-electron chi connectivity index (χ1n) is 16.0. The number of carbonyl (C=O) groups is 1. The van der Waals surface area contributed by atoms with Gasteiger partial charge in [0.05, 0.1) is 30.8 Å². The average molecular weight is 679 g/mol. The second-order valence-electron chi connectivity index (χ2n) is 13.1. The monoisotopic (exact) mass is 678 g/mol. The van der Waals surface area contributed by atoms with E-state index in [0.717, 1.165) is 6.07 Å². The Morgan fingerprint density at radius 1 is 1.08 bits per heavy atom. The van der Waals surface area contributed by atoms with Crippen molar-refractivity contribution in [2.24, 2.45) is 5.92 Å². The molecule has 0 aliphatic carbocycles. The minimum absolute atomic E-state index is 0.0497. The molecule has 48 heavy (non-hydrogen) atoms. The van der Waals surface area contributed by atoms with Gasteiger partial charge < -0.3 is 15.2 Å². The fraction of sp³-hybridized carbons (Fsp3) is 0.514. The summed E-state index contributed by atoms with van der Waals surface area (Å²) < 4.78 is 78.5. The van der Waals surface area contributed by atoms with Crippen molar-refractivity contribution in [2.75, 3.05) is 33.3 Å². The van der Waals surface area contributed by atoms with Crippen LogP contribution in [0.2, 0.25) is 0 Å². The second-order valence-corrected chi connectivity index (χ2v) is 13.1. The Balaban J connectivity index is 1.74. The highest BCUT2D eigenvalue weighted by molar-refractivity contribution is 5.74. The van der Waals surface area contributed by atoms with Crippen LogP contribution in [0, 0.1) is 32.5 Å². The van der Waals surface area contributed by atoms with E-state index in [2.05, 4.69) is 10.4 Å². The number of likely N-dealkylation sites (tertiary alicyclic amines) is 1. The number of hydrogen-bond donors (Lipinski definition) is 2. The molecule has 0 unspecified atom stereocenters. The number of aryl methyl sites for hydroxylation is 3. The third-order valence-electron chi connectivity index (χ3n) is 8.71. The summed E-state index contributed by atoms with van der Waals surface area (Å²) >= 11 is 0. The number of benzene rings is 2. The molecule has 2 N–H and O–H groups in total. The number of nitrogens with one attached hydrogen (secondary N) is 1. The van der Waals surface area contributed by atoms with E-state index in [1.54, 1.807) is 32.9 Å². The van der Waals surface area contributed by atoms with E-state index in [0.29, 0.717) is 66.2 Å². The van der Waals surface area contributed by atoms with Crippen molar-refractivity contribution < 1.29 is 36.6 Å². The molecule has 1 aromatic heterocycles. The van der Waals surface area contributed by atoms with E-state index in [4.69, 9.17) is 4.74 Å². The Morgan fingerprint density at radius 3 is 2.27 bits per heavy atom. The summed E-state index contributed by atoms with van der Waals surface area (Å²) in [5.41, 5.74) is 0.667. The summed E-state index contributed by atoms with van der Waals surface area (Å²) in [6, 6.07) is 4.76. The van der Waals surface area contributed by atoms with Crippen LogP contribution in [0.4, 0.5) is 22.0 Å². The number of rotatable bonds is 14. The molecule has 4 rings (SSSR count). The Kier molecular flexibility index (Phi) is 11.7. The molecule has 2 aromatic carbocycles. The van der Waals surface area contributed by atoms with Crippen molar-refractivity contribution in [3.8, 4) is 16.9 Å². The minimum Gasteiger partial charge on any atom is -0.497 e. The molecule has 1 saturated heterocycles. The molecule has 1 fully saturated rings. The van der Waals surface area contributed by atoms with Gasteiger partial charge in [-0.25, -0.2) is 13.5 Å². The standard InChI is InChI=1S/C35H43F5N4O4/c1-19(2)9-25(44-31(45)12-20(3)29(42-44)7-8-43-17-24(36)18-43)16-41-30(15-32(46)47)27-13-23(14-28(34(27)37)35(38,39)40)33-21(4)10-26(48-6)11-22(33)5/h10-14,19,24-25,30,41H,7-9,15-18H2,1-6H3,(H,46,47)/t25-,30-/m0/s1. The van der Waals surface area contributed by atoms with Crippen LogP contribution in [0.1, 0.15) is 72.3 Å². The number of halogens is 5. The van der Waals surface area contributed by atoms with Gasteiger partial charge in [0, 0.05) is 50.3 Å². The molecular formula is C35H43F5N4O4. The number of nitrogens with zero attached hydrogens (tertiary/aromatic N) is 3. The molecule has 1 aliphatic heterocycles. The van der Waals surface area contributed by atoms with Crippen molar-refractivity contribution in [3.63, 3.8) is 0 Å². The van der Waals surface area contributed by atoms with Gasteiger partial charge in [-0.1, -0.05) is 13.8 Å². The lowest BCUT2D eigenvalue weighted by molar-refractivity contribution is -0.140. The number of aliphatic carboxylic acids is 1. The fourth-order valence-electron chi connectivity index (χ4n) is 6.36. The van der Waals surface area contributed by atoms with Crippen LogP contribution in [0.5, 0.6) is 5.75 Å². The summed E-state index contributed by atoms with van der Waals surface area (Å²) in [6.07, 6.45) is -5.74. The zero-order chi connectivity index (χ0) is 35.5. The fourth-order valence-corrected chi connectivity index (χ4v) is 6.36. The van der Waals surface area contributed by atoms with E-state index in [-0.39, 0.29) is 18.0 Å². The molecule has 0 amide bonds. The van der Waals surface area contributed by atoms with E-state index in [1.165, 1.54) is 23.9 Å². The summed E-state index contributed by atoms with van der Waals surface area (Å²) in [4.78, 5) is 27.2. The maximum atomic E-state index is 15.8. The van der Waals surface area contributed by atoms with Gasteiger partial charge in [-0.05, 0) is 85.2 Å². The third kappa shape index (κ3) is 8.79. The number of ether oxygens (including phenoxy) is 1. The SMILES string of the molecule is COc1cc(C)c(-c2cc([C@H](CC(=O)O)NC[C@H](CC(C)C)n3nc(CCN4CC(F)C4)c(C)cc3=O)c(F)c(C(F)(F)F)c2)c(C)c1. The molecule has 13 heteroatoms. The Hall–Kier alpha value is -3.84. The van der Waals surface area contributed by atoms with Gasteiger partial charge in [-0.3, -0.25) is 14.5 Å². The topological polar surface area (TPSA) is 96.7 Å². The summed E-state index contributed by atoms with van der Waals surface area (Å²) in [5.74, 6) is -2.36. The number of methoxy groups -OCH3 is 1. The number of carboxylic acids is 1. The first-order chi connectivity index (χ1) is 22.5. The van der Waals surface area contributed by atoms with E-state index >= 15 is 4.39 Å². The maximum Gasteiger partial charge on any atom is 0.419 e. The predicted octanol–water partition coefficient (Wildman–Crippen LogP) is 6.59. The summed E-state index contributed by atoms with van der Waals surface area (Å²) in [6.45, 7) is 10.2. The van der Waals surface area contributed by atoms with Crippen molar-refractivity contribution >= 4 is 5.97 Å². The predicted molar refractivity (Wildman–Crippen MR) is 173 cm³/mol. The van der Waals surface area contributed by atoms with Gasteiger partial charge in [0.1, 0.15) is 17.7 Å². The minimum atomic E-state index is -5.06. The van der Waals surface area contributed by atoms with Crippen molar-refractivity contribution in [3.05, 3.63) is 80.0 Å². The molecule has 0 saturated carbocycles. The molecule has 262 valence electrons. The highest BCUT2D eigenvalue weighted by Crippen LogP contribution is 2.40. The molecule has 0 spiro atoms. The molecular weight excluding hydrogens is 635 g/mol.